The summed E-state index contributed by atoms with van der Waals surface area (Å²) in [5.41, 5.74) is -0.948. The third-order valence-electron chi connectivity index (χ3n) is 6.00. The van der Waals surface area contributed by atoms with E-state index in [1.54, 1.807) is 0 Å². The summed E-state index contributed by atoms with van der Waals surface area (Å²) in [5, 5.41) is 6.48. The Morgan fingerprint density at radius 1 is 1.26 bits per heavy atom. The Morgan fingerprint density at radius 3 is 2.55 bits per heavy atom. The summed E-state index contributed by atoms with van der Waals surface area (Å²) < 4.78 is 66.7. The number of nitrogens with one attached hydrogen (secondary N) is 1. The highest BCUT2D eigenvalue weighted by atomic mass is 32.2. The minimum atomic E-state index is -3.54. The molecule has 2 aliphatic rings. The molecular formula is C20H26F2N4O4S. The smallest absolute Gasteiger partial charge is 0.211 e. The number of aromatic nitrogens is 3. The number of H-pyrrole nitrogens is 1. The van der Waals surface area contributed by atoms with Gasteiger partial charge in [-0.1, -0.05) is 6.92 Å². The van der Waals surface area contributed by atoms with Crippen LogP contribution >= 0.6 is 0 Å². The van der Waals surface area contributed by atoms with Crippen molar-refractivity contribution in [2.45, 2.75) is 44.9 Å². The molecule has 1 N–H and O–H groups in total. The van der Waals surface area contributed by atoms with Gasteiger partial charge in [-0.25, -0.2) is 22.2 Å². The van der Waals surface area contributed by atoms with Crippen LogP contribution in [-0.2, 0) is 38.2 Å². The SMILES string of the molecule is CCCN(Cc1cc(F)c(C2(OCc3ncn[nH]3)CC3(COC3)C2)cc1F)S(C)(=O)=O. The molecule has 1 aliphatic carbocycles. The highest BCUT2D eigenvalue weighted by Gasteiger charge is 2.61. The molecule has 0 amide bonds. The number of ether oxygens (including phenoxy) is 2. The van der Waals surface area contributed by atoms with Crippen LogP contribution in [0.15, 0.2) is 18.5 Å². The van der Waals surface area contributed by atoms with Gasteiger partial charge in [-0.05, 0) is 31.4 Å². The predicted octanol–water partition coefficient (Wildman–Crippen LogP) is 2.48. The summed E-state index contributed by atoms with van der Waals surface area (Å²) in [6.07, 6.45) is 4.00. The van der Waals surface area contributed by atoms with Crippen LogP contribution in [0.4, 0.5) is 8.78 Å². The Kier molecular flexibility index (Phi) is 5.88. The van der Waals surface area contributed by atoms with Crippen LogP contribution in [0, 0.1) is 17.0 Å². The molecule has 1 spiro atoms. The highest BCUT2D eigenvalue weighted by Crippen LogP contribution is 2.60. The van der Waals surface area contributed by atoms with Gasteiger partial charge in [0.2, 0.25) is 10.0 Å². The van der Waals surface area contributed by atoms with Gasteiger partial charge in [-0.2, -0.15) is 9.40 Å². The zero-order valence-corrected chi connectivity index (χ0v) is 18.3. The van der Waals surface area contributed by atoms with E-state index in [1.807, 2.05) is 6.92 Å². The molecule has 1 aliphatic heterocycles. The molecule has 8 nitrogen and oxygen atoms in total. The van der Waals surface area contributed by atoms with E-state index < -0.39 is 27.3 Å². The van der Waals surface area contributed by atoms with Crippen LogP contribution in [-0.4, -0.2) is 53.9 Å². The molecule has 0 atom stereocenters. The first-order valence-electron chi connectivity index (χ1n) is 10.2. The third kappa shape index (κ3) is 4.36. The Labute approximate surface area is 180 Å². The van der Waals surface area contributed by atoms with Gasteiger partial charge >= 0.3 is 0 Å². The fraction of sp³-hybridized carbons (Fsp3) is 0.600. The Hall–Kier alpha value is -1.95. The number of hydrogen-bond donors (Lipinski definition) is 1. The van der Waals surface area contributed by atoms with E-state index in [0.717, 1.165) is 22.7 Å². The number of nitrogens with zero attached hydrogens (tertiary/aromatic N) is 3. The summed E-state index contributed by atoms with van der Waals surface area (Å²) in [4.78, 5) is 4.02. The minimum Gasteiger partial charge on any atom is -0.380 e. The first kappa shape index (κ1) is 22.3. The van der Waals surface area contributed by atoms with Crippen LogP contribution < -0.4 is 0 Å². The van der Waals surface area contributed by atoms with Crippen LogP contribution in [0.25, 0.3) is 0 Å². The molecule has 0 bridgehead atoms. The fourth-order valence-corrected chi connectivity index (χ4v) is 5.38. The maximum Gasteiger partial charge on any atom is 0.211 e. The second kappa shape index (κ2) is 8.19. The topological polar surface area (TPSA) is 97.4 Å². The van der Waals surface area contributed by atoms with Gasteiger partial charge < -0.3 is 9.47 Å². The average molecular weight is 457 g/mol. The average Bonchev–Trinajstić information content (AvgIpc) is 3.15. The molecule has 170 valence electrons. The molecule has 1 aromatic heterocycles. The molecule has 31 heavy (non-hydrogen) atoms. The second-order valence-corrected chi connectivity index (χ2v) is 10.6. The van der Waals surface area contributed by atoms with Crippen molar-refractivity contribution in [3.63, 3.8) is 0 Å². The number of aromatic amines is 1. The lowest BCUT2D eigenvalue weighted by molar-refractivity contribution is -0.267. The van der Waals surface area contributed by atoms with Crippen molar-refractivity contribution < 1.29 is 26.7 Å². The normalized spacial score (nSPS) is 19.4. The molecular weight excluding hydrogens is 430 g/mol. The van der Waals surface area contributed by atoms with Gasteiger partial charge in [-0.15, -0.1) is 0 Å². The van der Waals surface area contributed by atoms with Crippen LogP contribution in [0.3, 0.4) is 0 Å². The Morgan fingerprint density at radius 2 is 2.00 bits per heavy atom. The third-order valence-corrected chi connectivity index (χ3v) is 7.25. The molecule has 2 heterocycles. The quantitative estimate of drug-likeness (QED) is 0.623. The summed E-state index contributed by atoms with van der Waals surface area (Å²) in [5.74, 6) is -0.783. The number of halogens is 2. The molecule has 1 aromatic carbocycles. The molecule has 2 fully saturated rings. The summed E-state index contributed by atoms with van der Waals surface area (Å²) in [7, 11) is -3.54. The van der Waals surface area contributed by atoms with Gasteiger partial charge in [0.25, 0.3) is 0 Å². The lowest BCUT2D eigenvalue weighted by Crippen LogP contribution is -2.60. The van der Waals surface area contributed by atoms with Crippen molar-refractivity contribution in [3.8, 4) is 0 Å². The second-order valence-electron chi connectivity index (χ2n) is 8.58. The van der Waals surface area contributed by atoms with E-state index in [9.17, 15) is 8.42 Å². The minimum absolute atomic E-state index is 0.00785. The highest BCUT2D eigenvalue weighted by molar-refractivity contribution is 7.88. The van der Waals surface area contributed by atoms with E-state index in [0.29, 0.717) is 38.3 Å². The van der Waals surface area contributed by atoms with Gasteiger partial charge in [0, 0.05) is 29.6 Å². The summed E-state index contributed by atoms with van der Waals surface area (Å²) in [6, 6.07) is 2.23. The first-order valence-corrected chi connectivity index (χ1v) is 12.0. The number of benzene rings is 1. The van der Waals surface area contributed by atoms with Gasteiger partial charge in [0.1, 0.15) is 30.4 Å². The summed E-state index contributed by atoms with van der Waals surface area (Å²) >= 11 is 0. The van der Waals surface area contributed by atoms with E-state index in [4.69, 9.17) is 9.47 Å². The number of hydrogen-bond acceptors (Lipinski definition) is 6. The lowest BCUT2D eigenvalue weighted by atomic mass is 9.55. The molecule has 1 saturated heterocycles. The number of sulfonamides is 1. The number of rotatable bonds is 9. The van der Waals surface area contributed by atoms with Crippen LogP contribution in [0.2, 0.25) is 0 Å². The molecule has 2 aromatic rings. The van der Waals surface area contributed by atoms with Crippen LogP contribution in [0.1, 0.15) is 43.1 Å². The van der Waals surface area contributed by atoms with Crippen molar-refractivity contribution in [2.75, 3.05) is 26.0 Å². The van der Waals surface area contributed by atoms with Gasteiger partial charge in [0.15, 0.2) is 0 Å². The van der Waals surface area contributed by atoms with Gasteiger partial charge in [0.05, 0.1) is 25.1 Å². The van der Waals surface area contributed by atoms with Crippen LogP contribution in [0.5, 0.6) is 0 Å². The standard InChI is InChI=1S/C20H26F2N4O4S/c1-3-4-26(31(2,27)28)7-14-5-17(22)15(6-16(14)21)20(9-19(10-20)11-29-12-19)30-8-18-23-13-24-25-18/h5-6,13H,3-4,7-12H2,1-2H3,(H,23,24,25). The molecule has 0 radical (unpaired) electrons. The Balaban J connectivity index is 1.61. The maximum atomic E-state index is 15.2. The van der Waals surface area contributed by atoms with Crippen molar-refractivity contribution >= 4 is 10.0 Å². The van der Waals surface area contributed by atoms with Gasteiger partial charge in [-0.3, -0.25) is 5.10 Å². The molecule has 4 rings (SSSR count). The van der Waals surface area contributed by atoms with Crippen molar-refractivity contribution in [1.29, 1.82) is 0 Å². The van der Waals surface area contributed by atoms with E-state index in [1.165, 1.54) is 6.33 Å². The molecule has 11 heteroatoms. The zero-order valence-electron chi connectivity index (χ0n) is 17.5. The van der Waals surface area contributed by atoms with E-state index in [2.05, 4.69) is 15.2 Å². The first-order chi connectivity index (χ1) is 14.7. The van der Waals surface area contributed by atoms with E-state index in [-0.39, 0.29) is 36.2 Å². The monoisotopic (exact) mass is 456 g/mol. The molecule has 0 unspecified atom stereocenters. The maximum absolute atomic E-state index is 15.2. The van der Waals surface area contributed by atoms with Crippen molar-refractivity contribution in [1.82, 2.24) is 19.5 Å². The zero-order chi connectivity index (χ0) is 22.3. The summed E-state index contributed by atoms with van der Waals surface area (Å²) in [6.45, 7) is 3.06. The van der Waals surface area contributed by atoms with Crippen molar-refractivity contribution in [3.05, 3.63) is 47.0 Å². The van der Waals surface area contributed by atoms with Crippen molar-refractivity contribution in [2.24, 2.45) is 5.41 Å². The molecule has 1 saturated carbocycles. The van der Waals surface area contributed by atoms with E-state index >= 15 is 8.78 Å². The Bertz CT molecular complexity index is 1030. The fourth-order valence-electron chi connectivity index (χ4n) is 4.49. The predicted molar refractivity (Wildman–Crippen MR) is 107 cm³/mol. The largest absolute Gasteiger partial charge is 0.380 e. The lowest BCUT2D eigenvalue weighted by Gasteiger charge is -2.59.